The SMILES string of the molecule is Cc1ccc(C2=CCN(C(=O)OC(C)(C)C)CC2)c2cccnc12. The molecule has 126 valence electrons. The second-order valence-corrected chi connectivity index (χ2v) is 7.24. The summed E-state index contributed by atoms with van der Waals surface area (Å²) in [5, 5.41) is 1.18. The molecule has 1 aromatic carbocycles. The lowest BCUT2D eigenvalue weighted by Gasteiger charge is -2.30. The number of benzene rings is 1. The predicted molar refractivity (Wildman–Crippen MR) is 96.9 cm³/mol. The van der Waals surface area contributed by atoms with Crippen LogP contribution in [0.3, 0.4) is 0 Å². The minimum absolute atomic E-state index is 0.242. The van der Waals surface area contributed by atoms with Crippen molar-refractivity contribution in [3.05, 3.63) is 47.7 Å². The number of hydrogen-bond acceptors (Lipinski definition) is 3. The fourth-order valence-electron chi connectivity index (χ4n) is 3.00. The quantitative estimate of drug-likeness (QED) is 0.772. The number of fused-ring (bicyclic) bond motifs is 1. The minimum atomic E-state index is -0.458. The van der Waals surface area contributed by atoms with Crippen LogP contribution in [-0.4, -0.2) is 34.7 Å². The van der Waals surface area contributed by atoms with Crippen LogP contribution in [0, 0.1) is 6.92 Å². The third-order valence-corrected chi connectivity index (χ3v) is 4.18. The highest BCUT2D eigenvalue weighted by Gasteiger charge is 2.24. The molecule has 0 saturated heterocycles. The smallest absolute Gasteiger partial charge is 0.410 e. The first-order chi connectivity index (χ1) is 11.3. The van der Waals surface area contributed by atoms with E-state index >= 15 is 0 Å². The third kappa shape index (κ3) is 3.42. The second-order valence-electron chi connectivity index (χ2n) is 7.24. The molecule has 4 heteroatoms. The van der Waals surface area contributed by atoms with Crippen molar-refractivity contribution in [1.29, 1.82) is 0 Å². The van der Waals surface area contributed by atoms with Crippen molar-refractivity contribution < 1.29 is 9.53 Å². The van der Waals surface area contributed by atoms with Gasteiger partial charge in [-0.25, -0.2) is 4.79 Å². The molecule has 3 rings (SSSR count). The molecule has 0 unspecified atom stereocenters. The Morgan fingerprint density at radius 2 is 2.04 bits per heavy atom. The van der Waals surface area contributed by atoms with Crippen LogP contribution in [-0.2, 0) is 4.74 Å². The van der Waals surface area contributed by atoms with Gasteiger partial charge in [0.1, 0.15) is 5.60 Å². The Bertz CT molecular complexity index is 803. The molecule has 0 saturated carbocycles. The summed E-state index contributed by atoms with van der Waals surface area (Å²) in [6.45, 7) is 9.01. The van der Waals surface area contributed by atoms with Crippen LogP contribution < -0.4 is 0 Å². The zero-order valence-corrected chi connectivity index (χ0v) is 14.8. The summed E-state index contributed by atoms with van der Waals surface area (Å²) in [7, 11) is 0. The van der Waals surface area contributed by atoms with E-state index in [1.807, 2.05) is 33.0 Å². The van der Waals surface area contributed by atoms with E-state index in [4.69, 9.17) is 4.74 Å². The van der Waals surface area contributed by atoms with Gasteiger partial charge in [-0.15, -0.1) is 0 Å². The van der Waals surface area contributed by atoms with Crippen molar-refractivity contribution in [2.24, 2.45) is 0 Å². The molecule has 24 heavy (non-hydrogen) atoms. The van der Waals surface area contributed by atoms with E-state index in [1.54, 1.807) is 4.90 Å². The van der Waals surface area contributed by atoms with E-state index in [0.717, 1.165) is 11.9 Å². The van der Waals surface area contributed by atoms with Gasteiger partial charge in [-0.1, -0.05) is 24.3 Å². The number of carbonyl (C=O) groups is 1. The molecule has 0 atom stereocenters. The van der Waals surface area contributed by atoms with Crippen molar-refractivity contribution >= 4 is 22.6 Å². The van der Waals surface area contributed by atoms with E-state index in [-0.39, 0.29) is 6.09 Å². The zero-order chi connectivity index (χ0) is 17.3. The summed E-state index contributed by atoms with van der Waals surface area (Å²) in [5.41, 5.74) is 4.26. The number of pyridine rings is 1. The summed E-state index contributed by atoms with van der Waals surface area (Å²) < 4.78 is 5.45. The van der Waals surface area contributed by atoms with Gasteiger partial charge in [0.05, 0.1) is 5.52 Å². The van der Waals surface area contributed by atoms with E-state index in [1.165, 1.54) is 22.1 Å². The number of aromatic nitrogens is 1. The molecule has 1 aliphatic heterocycles. The first-order valence-electron chi connectivity index (χ1n) is 8.37. The van der Waals surface area contributed by atoms with Crippen LogP contribution in [0.2, 0.25) is 0 Å². The Hall–Kier alpha value is -2.36. The lowest BCUT2D eigenvalue weighted by Crippen LogP contribution is -2.39. The highest BCUT2D eigenvalue weighted by Crippen LogP contribution is 2.30. The molecule has 2 aromatic rings. The van der Waals surface area contributed by atoms with E-state index in [9.17, 15) is 4.79 Å². The Balaban J connectivity index is 1.84. The van der Waals surface area contributed by atoms with Gasteiger partial charge in [0, 0.05) is 24.7 Å². The second kappa shape index (κ2) is 6.27. The maximum absolute atomic E-state index is 12.2. The van der Waals surface area contributed by atoms with Gasteiger partial charge in [-0.2, -0.15) is 0 Å². The topological polar surface area (TPSA) is 42.4 Å². The van der Waals surface area contributed by atoms with E-state index in [0.29, 0.717) is 13.1 Å². The van der Waals surface area contributed by atoms with Crippen molar-refractivity contribution in [1.82, 2.24) is 9.88 Å². The summed E-state index contributed by atoms with van der Waals surface area (Å²) in [6.07, 6.45) is 4.54. The van der Waals surface area contributed by atoms with Gasteiger partial charge in [-0.3, -0.25) is 4.98 Å². The third-order valence-electron chi connectivity index (χ3n) is 4.18. The Kier molecular flexibility index (Phi) is 4.31. The normalized spacial score (nSPS) is 15.3. The molecule has 1 aliphatic rings. The number of amides is 1. The van der Waals surface area contributed by atoms with Crippen molar-refractivity contribution in [2.45, 2.75) is 39.7 Å². The summed E-state index contributed by atoms with van der Waals surface area (Å²) in [4.78, 5) is 18.4. The molecular formula is C20H24N2O2. The molecule has 0 fully saturated rings. The largest absolute Gasteiger partial charge is 0.444 e. The number of nitrogens with zero attached hydrogens (tertiary/aromatic N) is 2. The average molecular weight is 324 g/mol. The van der Waals surface area contributed by atoms with Crippen LogP contribution in [0.25, 0.3) is 16.5 Å². The number of ether oxygens (including phenoxy) is 1. The number of aryl methyl sites for hydroxylation is 1. The first kappa shape index (κ1) is 16.5. The predicted octanol–water partition coefficient (Wildman–Crippen LogP) is 4.57. The van der Waals surface area contributed by atoms with Gasteiger partial charge < -0.3 is 9.64 Å². The molecule has 0 radical (unpaired) electrons. The van der Waals surface area contributed by atoms with E-state index in [2.05, 4.69) is 36.2 Å². The van der Waals surface area contributed by atoms with Crippen molar-refractivity contribution in [3.63, 3.8) is 0 Å². The van der Waals surface area contributed by atoms with Gasteiger partial charge >= 0.3 is 6.09 Å². The molecule has 0 N–H and O–H groups in total. The highest BCUT2D eigenvalue weighted by atomic mass is 16.6. The summed E-state index contributed by atoms with van der Waals surface area (Å²) in [6, 6.07) is 8.37. The first-order valence-corrected chi connectivity index (χ1v) is 8.37. The molecule has 0 aliphatic carbocycles. The van der Waals surface area contributed by atoms with Crippen LogP contribution in [0.4, 0.5) is 4.79 Å². The van der Waals surface area contributed by atoms with Gasteiger partial charge in [0.15, 0.2) is 0 Å². The fourth-order valence-corrected chi connectivity index (χ4v) is 3.00. The maximum atomic E-state index is 12.2. The molecule has 2 heterocycles. The lowest BCUT2D eigenvalue weighted by atomic mass is 9.94. The Morgan fingerprint density at radius 3 is 2.71 bits per heavy atom. The molecule has 0 spiro atoms. The zero-order valence-electron chi connectivity index (χ0n) is 14.8. The van der Waals surface area contributed by atoms with Crippen molar-refractivity contribution in [2.75, 3.05) is 13.1 Å². The number of carbonyl (C=O) groups excluding carboxylic acids is 1. The molecule has 4 nitrogen and oxygen atoms in total. The van der Waals surface area contributed by atoms with Gasteiger partial charge in [0.2, 0.25) is 0 Å². The van der Waals surface area contributed by atoms with Crippen molar-refractivity contribution in [3.8, 4) is 0 Å². The highest BCUT2D eigenvalue weighted by molar-refractivity contribution is 5.93. The van der Waals surface area contributed by atoms with Gasteiger partial charge in [-0.05, 0) is 56.9 Å². The standard InChI is InChI=1S/C20H24N2O2/c1-14-7-8-16(17-6-5-11-21-18(14)17)15-9-12-22(13-10-15)19(23)24-20(2,3)4/h5-9,11H,10,12-13H2,1-4H3. The summed E-state index contributed by atoms with van der Waals surface area (Å²) >= 11 is 0. The van der Waals surface area contributed by atoms with Crippen LogP contribution >= 0.6 is 0 Å². The van der Waals surface area contributed by atoms with Crippen LogP contribution in [0.5, 0.6) is 0 Å². The monoisotopic (exact) mass is 324 g/mol. The maximum Gasteiger partial charge on any atom is 0.410 e. The number of hydrogen-bond donors (Lipinski definition) is 0. The van der Waals surface area contributed by atoms with Crippen LogP contribution in [0.1, 0.15) is 38.3 Å². The Morgan fingerprint density at radius 1 is 1.25 bits per heavy atom. The fraction of sp³-hybridized carbons (Fsp3) is 0.400. The average Bonchev–Trinajstić information content (AvgIpc) is 2.54. The molecule has 1 amide bonds. The minimum Gasteiger partial charge on any atom is -0.444 e. The molecule has 0 bridgehead atoms. The van der Waals surface area contributed by atoms with Crippen LogP contribution in [0.15, 0.2) is 36.5 Å². The lowest BCUT2D eigenvalue weighted by molar-refractivity contribution is 0.0270. The molecular weight excluding hydrogens is 300 g/mol. The molecule has 1 aromatic heterocycles. The summed E-state index contributed by atoms with van der Waals surface area (Å²) in [5.74, 6) is 0. The number of rotatable bonds is 1. The van der Waals surface area contributed by atoms with E-state index < -0.39 is 5.60 Å². The Labute approximate surface area is 143 Å². The van der Waals surface area contributed by atoms with Gasteiger partial charge in [0.25, 0.3) is 0 Å².